The molecule has 146 valence electrons. The molecule has 4 nitrogen and oxygen atoms in total. The molecule has 0 radical (unpaired) electrons. The summed E-state index contributed by atoms with van der Waals surface area (Å²) in [6.45, 7) is 2.32. The molecular weight excluding hydrogens is 348 g/mol. The van der Waals surface area contributed by atoms with E-state index in [1.165, 1.54) is 24.5 Å². The lowest BCUT2D eigenvalue weighted by Crippen LogP contribution is -2.48. The minimum Gasteiger partial charge on any atom is -0.353 e. The van der Waals surface area contributed by atoms with Gasteiger partial charge in [0, 0.05) is 18.0 Å². The van der Waals surface area contributed by atoms with Crippen molar-refractivity contribution in [1.82, 2.24) is 10.6 Å². The first-order valence-electron chi connectivity index (χ1n) is 9.96. The smallest absolute Gasteiger partial charge is 0.244 e. The minimum atomic E-state index is -0.581. The Hall–Kier alpha value is -2.88. The number of nitrogens with one attached hydrogen (secondary N) is 2. The molecule has 1 fully saturated rings. The topological polar surface area (TPSA) is 58.2 Å². The fraction of sp³-hybridized carbons (Fsp3) is 0.333. The summed E-state index contributed by atoms with van der Waals surface area (Å²) in [5.41, 5.74) is 2.24. The van der Waals surface area contributed by atoms with E-state index >= 15 is 0 Å². The van der Waals surface area contributed by atoms with Crippen molar-refractivity contribution in [2.75, 3.05) is 6.54 Å². The minimum absolute atomic E-state index is 0.00780. The number of amides is 2. The zero-order valence-electron chi connectivity index (χ0n) is 16.4. The predicted molar refractivity (Wildman–Crippen MR) is 113 cm³/mol. The number of hydrogen-bond acceptors (Lipinski definition) is 2. The van der Waals surface area contributed by atoms with E-state index in [2.05, 4.69) is 34.9 Å². The summed E-state index contributed by atoms with van der Waals surface area (Å²) in [5.74, 6) is -0.422. The second-order valence-corrected chi connectivity index (χ2v) is 7.55. The second kappa shape index (κ2) is 9.36. The standard InChI is InChI=1S/C24H28N2O2/c1-19(26-22(27)15-14-20-10-4-2-5-11-20)23(28)25-18-24(16-8-9-17-24)21-12-6-3-7-13-21/h2-7,10-15,19H,8-9,16-18H2,1H3,(H,25,28)(H,26,27)/b15-14+. The van der Waals surface area contributed by atoms with Gasteiger partial charge in [-0.15, -0.1) is 0 Å². The van der Waals surface area contributed by atoms with Crippen LogP contribution in [0.2, 0.25) is 0 Å². The molecule has 1 aliphatic rings. The van der Waals surface area contributed by atoms with Crippen LogP contribution >= 0.6 is 0 Å². The summed E-state index contributed by atoms with van der Waals surface area (Å²) in [6, 6.07) is 19.4. The van der Waals surface area contributed by atoms with Crippen molar-refractivity contribution in [3.05, 3.63) is 77.9 Å². The van der Waals surface area contributed by atoms with Crippen LogP contribution in [0.25, 0.3) is 6.08 Å². The van der Waals surface area contributed by atoms with Gasteiger partial charge in [-0.05, 0) is 37.0 Å². The molecular formula is C24H28N2O2. The van der Waals surface area contributed by atoms with Gasteiger partial charge in [0.2, 0.25) is 11.8 Å². The normalized spacial score (nSPS) is 16.6. The zero-order chi connectivity index (χ0) is 19.8. The van der Waals surface area contributed by atoms with Crippen LogP contribution in [-0.4, -0.2) is 24.4 Å². The van der Waals surface area contributed by atoms with Crippen molar-refractivity contribution in [2.45, 2.75) is 44.1 Å². The van der Waals surface area contributed by atoms with Crippen LogP contribution in [0.5, 0.6) is 0 Å². The van der Waals surface area contributed by atoms with Crippen LogP contribution in [0.1, 0.15) is 43.7 Å². The van der Waals surface area contributed by atoms with Gasteiger partial charge in [-0.25, -0.2) is 0 Å². The SMILES string of the molecule is CC(NC(=O)/C=C/c1ccccc1)C(=O)NCC1(c2ccccc2)CCCC1. The summed E-state index contributed by atoms with van der Waals surface area (Å²) >= 11 is 0. The van der Waals surface area contributed by atoms with Gasteiger partial charge in [0.05, 0.1) is 0 Å². The molecule has 2 aromatic carbocycles. The van der Waals surface area contributed by atoms with Gasteiger partial charge in [0.25, 0.3) is 0 Å². The van der Waals surface area contributed by atoms with E-state index in [9.17, 15) is 9.59 Å². The van der Waals surface area contributed by atoms with Crippen molar-refractivity contribution in [1.29, 1.82) is 0 Å². The van der Waals surface area contributed by atoms with Crippen molar-refractivity contribution in [3.63, 3.8) is 0 Å². The molecule has 0 aliphatic heterocycles. The van der Waals surface area contributed by atoms with Gasteiger partial charge in [0.15, 0.2) is 0 Å². The summed E-state index contributed by atoms with van der Waals surface area (Å²) in [6.07, 6.45) is 7.72. The van der Waals surface area contributed by atoms with Gasteiger partial charge in [-0.2, -0.15) is 0 Å². The maximum atomic E-state index is 12.5. The predicted octanol–water partition coefficient (Wildman–Crippen LogP) is 3.83. The Bertz CT molecular complexity index is 809. The molecule has 0 spiro atoms. The Morgan fingerprint density at radius 2 is 1.61 bits per heavy atom. The zero-order valence-corrected chi connectivity index (χ0v) is 16.4. The first kappa shape index (κ1) is 19.9. The van der Waals surface area contributed by atoms with Crippen molar-refractivity contribution >= 4 is 17.9 Å². The molecule has 0 aromatic heterocycles. The molecule has 4 heteroatoms. The third kappa shape index (κ3) is 5.10. The van der Waals surface area contributed by atoms with E-state index in [1.807, 2.05) is 36.4 Å². The number of benzene rings is 2. The third-order valence-electron chi connectivity index (χ3n) is 5.53. The van der Waals surface area contributed by atoms with E-state index in [-0.39, 0.29) is 17.2 Å². The number of rotatable bonds is 7. The number of hydrogen-bond donors (Lipinski definition) is 2. The highest BCUT2D eigenvalue weighted by atomic mass is 16.2. The van der Waals surface area contributed by atoms with E-state index < -0.39 is 6.04 Å². The molecule has 28 heavy (non-hydrogen) atoms. The molecule has 2 amide bonds. The van der Waals surface area contributed by atoms with E-state index in [4.69, 9.17) is 0 Å². The third-order valence-corrected chi connectivity index (χ3v) is 5.53. The van der Waals surface area contributed by atoms with E-state index in [1.54, 1.807) is 13.0 Å². The summed E-state index contributed by atoms with van der Waals surface area (Å²) in [4.78, 5) is 24.6. The van der Waals surface area contributed by atoms with Gasteiger partial charge in [-0.1, -0.05) is 73.5 Å². The van der Waals surface area contributed by atoms with Crippen LogP contribution < -0.4 is 10.6 Å². The summed E-state index contributed by atoms with van der Waals surface area (Å²) in [5, 5.41) is 5.80. The monoisotopic (exact) mass is 376 g/mol. The van der Waals surface area contributed by atoms with Gasteiger partial charge in [0.1, 0.15) is 6.04 Å². The highest BCUT2D eigenvalue weighted by molar-refractivity contribution is 5.95. The summed E-state index contributed by atoms with van der Waals surface area (Å²) in [7, 11) is 0. The molecule has 1 unspecified atom stereocenters. The highest BCUT2D eigenvalue weighted by Crippen LogP contribution is 2.40. The summed E-state index contributed by atoms with van der Waals surface area (Å²) < 4.78 is 0. The van der Waals surface area contributed by atoms with Gasteiger partial charge in [-0.3, -0.25) is 9.59 Å². The molecule has 0 bridgehead atoms. The molecule has 3 rings (SSSR count). The van der Waals surface area contributed by atoms with Crippen molar-refractivity contribution in [3.8, 4) is 0 Å². The Morgan fingerprint density at radius 3 is 2.25 bits per heavy atom. The molecule has 0 saturated heterocycles. The molecule has 1 aliphatic carbocycles. The van der Waals surface area contributed by atoms with Crippen molar-refractivity contribution in [2.24, 2.45) is 0 Å². The van der Waals surface area contributed by atoms with Crippen molar-refractivity contribution < 1.29 is 9.59 Å². The second-order valence-electron chi connectivity index (χ2n) is 7.55. The first-order chi connectivity index (χ1) is 13.6. The fourth-order valence-corrected chi connectivity index (χ4v) is 3.88. The average Bonchev–Trinajstić information content (AvgIpc) is 3.22. The average molecular weight is 377 g/mol. The first-order valence-corrected chi connectivity index (χ1v) is 9.96. The van der Waals surface area contributed by atoms with E-state index in [0.717, 1.165) is 18.4 Å². The Kier molecular flexibility index (Phi) is 6.64. The fourth-order valence-electron chi connectivity index (χ4n) is 3.88. The molecule has 2 N–H and O–H groups in total. The Balaban J connectivity index is 1.53. The van der Waals surface area contributed by atoms with Crippen LogP contribution in [0, 0.1) is 0 Å². The molecule has 1 saturated carbocycles. The largest absolute Gasteiger partial charge is 0.353 e. The molecule has 2 aromatic rings. The maximum Gasteiger partial charge on any atom is 0.244 e. The lowest BCUT2D eigenvalue weighted by Gasteiger charge is -2.30. The Labute approximate surface area is 167 Å². The van der Waals surface area contributed by atoms with Crippen LogP contribution in [0.4, 0.5) is 0 Å². The quantitative estimate of drug-likeness (QED) is 0.722. The van der Waals surface area contributed by atoms with Crippen LogP contribution in [0.15, 0.2) is 66.7 Å². The van der Waals surface area contributed by atoms with Crippen LogP contribution in [-0.2, 0) is 15.0 Å². The lowest BCUT2D eigenvalue weighted by atomic mass is 9.79. The van der Waals surface area contributed by atoms with Gasteiger partial charge < -0.3 is 10.6 Å². The number of carbonyl (C=O) groups is 2. The van der Waals surface area contributed by atoms with E-state index in [0.29, 0.717) is 6.54 Å². The lowest BCUT2D eigenvalue weighted by molar-refractivity contribution is -0.126. The molecule has 1 atom stereocenters. The van der Waals surface area contributed by atoms with Gasteiger partial charge >= 0.3 is 0 Å². The highest BCUT2D eigenvalue weighted by Gasteiger charge is 2.36. The Morgan fingerprint density at radius 1 is 1.00 bits per heavy atom. The maximum absolute atomic E-state index is 12.5. The number of carbonyl (C=O) groups excluding carboxylic acids is 2. The molecule has 0 heterocycles. The van der Waals surface area contributed by atoms with Crippen LogP contribution in [0.3, 0.4) is 0 Å².